The smallest absolute Gasteiger partial charge is 0.336 e. The lowest BCUT2D eigenvalue weighted by atomic mass is 10.1. The minimum atomic E-state index is -0.365. The molecular formula is C21H13BrN4O2S. The Bertz CT molecular complexity index is 1400. The summed E-state index contributed by atoms with van der Waals surface area (Å²) in [7, 11) is 0. The molecule has 0 aliphatic rings. The lowest BCUT2D eigenvalue weighted by molar-refractivity contribution is 0.559. The first-order chi connectivity index (χ1) is 14.2. The number of rotatable bonds is 4. The van der Waals surface area contributed by atoms with Gasteiger partial charge >= 0.3 is 5.63 Å². The van der Waals surface area contributed by atoms with Gasteiger partial charge in [0.2, 0.25) is 0 Å². The van der Waals surface area contributed by atoms with Crippen molar-refractivity contribution in [1.29, 1.82) is 0 Å². The summed E-state index contributed by atoms with van der Waals surface area (Å²) in [4.78, 5) is 20.8. The first-order valence-corrected chi connectivity index (χ1v) is 10.6. The molecule has 0 N–H and O–H groups in total. The highest BCUT2D eigenvalue weighted by molar-refractivity contribution is 9.10. The van der Waals surface area contributed by atoms with Gasteiger partial charge in [-0.05, 0) is 35.9 Å². The molecule has 0 atom stereocenters. The summed E-state index contributed by atoms with van der Waals surface area (Å²) in [5.41, 5.74) is 2.78. The van der Waals surface area contributed by atoms with Crippen molar-refractivity contribution in [2.45, 2.75) is 10.8 Å². The van der Waals surface area contributed by atoms with Crippen molar-refractivity contribution in [1.82, 2.24) is 19.7 Å². The second kappa shape index (κ2) is 7.46. The zero-order chi connectivity index (χ0) is 19.8. The Balaban J connectivity index is 1.52. The Kier molecular flexibility index (Phi) is 4.65. The third kappa shape index (κ3) is 3.45. The van der Waals surface area contributed by atoms with Crippen LogP contribution in [0.1, 0.15) is 5.56 Å². The maximum atomic E-state index is 12.0. The highest BCUT2D eigenvalue weighted by atomic mass is 79.9. The van der Waals surface area contributed by atoms with Gasteiger partial charge in [0.15, 0.2) is 5.65 Å². The Hall–Kier alpha value is -2.97. The number of thioether (sulfide) groups is 1. The monoisotopic (exact) mass is 464 g/mol. The molecule has 3 aromatic heterocycles. The topological polar surface area (TPSA) is 73.8 Å². The van der Waals surface area contributed by atoms with Gasteiger partial charge in [0.05, 0.1) is 17.3 Å². The summed E-state index contributed by atoms with van der Waals surface area (Å²) in [6, 6.07) is 17.1. The van der Waals surface area contributed by atoms with E-state index in [0.717, 1.165) is 37.2 Å². The molecule has 142 valence electrons. The average Bonchev–Trinajstić information content (AvgIpc) is 3.17. The molecule has 0 fully saturated rings. The zero-order valence-electron chi connectivity index (χ0n) is 14.9. The van der Waals surface area contributed by atoms with Crippen LogP contribution in [0.2, 0.25) is 0 Å². The molecule has 2 aromatic carbocycles. The molecule has 0 aliphatic carbocycles. The van der Waals surface area contributed by atoms with Gasteiger partial charge in [0.1, 0.15) is 16.9 Å². The van der Waals surface area contributed by atoms with Gasteiger partial charge in [-0.25, -0.2) is 19.4 Å². The van der Waals surface area contributed by atoms with Crippen molar-refractivity contribution in [2.75, 3.05) is 0 Å². The standard InChI is InChI=1S/C21H13BrN4O2S/c22-14-6-7-16-13(8-19(27)28-18(16)9-14)11-29-21-17-10-25-26(20(17)23-12-24-21)15-4-2-1-3-5-15/h1-10,12H,11H2. The molecule has 3 heterocycles. The van der Waals surface area contributed by atoms with Crippen LogP contribution in [-0.2, 0) is 5.75 Å². The van der Waals surface area contributed by atoms with E-state index in [-0.39, 0.29) is 5.63 Å². The molecular weight excluding hydrogens is 452 g/mol. The number of benzene rings is 2. The van der Waals surface area contributed by atoms with Crippen molar-refractivity contribution >= 4 is 49.7 Å². The lowest BCUT2D eigenvalue weighted by Gasteiger charge is -2.06. The first kappa shape index (κ1) is 18.1. The molecule has 0 aliphatic heterocycles. The maximum Gasteiger partial charge on any atom is 0.336 e. The number of halogens is 1. The summed E-state index contributed by atoms with van der Waals surface area (Å²) in [6.07, 6.45) is 3.32. The highest BCUT2D eigenvalue weighted by Gasteiger charge is 2.13. The third-order valence-electron chi connectivity index (χ3n) is 4.49. The van der Waals surface area contributed by atoms with E-state index in [2.05, 4.69) is 31.0 Å². The predicted octanol–water partition coefficient (Wildman–Crippen LogP) is 4.98. The zero-order valence-corrected chi connectivity index (χ0v) is 17.4. The number of hydrogen-bond acceptors (Lipinski definition) is 6. The summed E-state index contributed by atoms with van der Waals surface area (Å²) >= 11 is 4.96. The van der Waals surface area contributed by atoms with Gasteiger partial charge in [-0.2, -0.15) is 5.10 Å². The molecule has 6 nitrogen and oxygen atoms in total. The predicted molar refractivity (Wildman–Crippen MR) is 116 cm³/mol. The molecule has 0 amide bonds. The van der Waals surface area contributed by atoms with Gasteiger partial charge < -0.3 is 4.42 Å². The van der Waals surface area contributed by atoms with Crippen LogP contribution in [0.25, 0.3) is 27.7 Å². The number of nitrogens with zero attached hydrogens (tertiary/aromatic N) is 4. The van der Waals surface area contributed by atoms with E-state index in [1.807, 2.05) is 42.5 Å². The van der Waals surface area contributed by atoms with Crippen molar-refractivity contribution in [3.8, 4) is 5.69 Å². The molecule has 5 aromatic rings. The second-order valence-corrected chi connectivity index (χ2v) is 8.21. The van der Waals surface area contributed by atoms with E-state index in [1.165, 1.54) is 6.07 Å². The summed E-state index contributed by atoms with van der Waals surface area (Å²) < 4.78 is 7.99. The van der Waals surface area contributed by atoms with Crippen LogP contribution in [0.4, 0.5) is 0 Å². The van der Waals surface area contributed by atoms with Crippen molar-refractivity contribution in [2.24, 2.45) is 0 Å². The Morgan fingerprint density at radius 1 is 1.03 bits per heavy atom. The fourth-order valence-electron chi connectivity index (χ4n) is 3.17. The van der Waals surface area contributed by atoms with Gasteiger partial charge in [-0.3, -0.25) is 0 Å². The molecule has 0 saturated carbocycles. The van der Waals surface area contributed by atoms with Gasteiger partial charge in [0, 0.05) is 21.7 Å². The van der Waals surface area contributed by atoms with Crippen LogP contribution in [0, 0.1) is 0 Å². The molecule has 0 radical (unpaired) electrons. The summed E-state index contributed by atoms with van der Waals surface area (Å²) in [5, 5.41) is 7.08. The van der Waals surface area contributed by atoms with Crippen LogP contribution < -0.4 is 5.63 Å². The van der Waals surface area contributed by atoms with Gasteiger partial charge in [0.25, 0.3) is 0 Å². The van der Waals surface area contributed by atoms with E-state index >= 15 is 0 Å². The number of para-hydroxylation sites is 1. The van der Waals surface area contributed by atoms with Crippen LogP contribution in [0.3, 0.4) is 0 Å². The van der Waals surface area contributed by atoms with E-state index in [9.17, 15) is 4.79 Å². The Labute approximate surface area is 177 Å². The lowest BCUT2D eigenvalue weighted by Crippen LogP contribution is -2.00. The highest BCUT2D eigenvalue weighted by Crippen LogP contribution is 2.30. The molecule has 8 heteroatoms. The van der Waals surface area contributed by atoms with Gasteiger partial charge in [-0.1, -0.05) is 34.1 Å². The summed E-state index contributed by atoms with van der Waals surface area (Å²) in [6.45, 7) is 0. The SMILES string of the molecule is O=c1cc(CSc2ncnc3c2cnn3-c2ccccc2)c2ccc(Br)cc2o1. The number of fused-ring (bicyclic) bond motifs is 2. The van der Waals surface area contributed by atoms with E-state index in [0.29, 0.717) is 11.3 Å². The average molecular weight is 465 g/mol. The molecule has 0 saturated heterocycles. The third-order valence-corrected chi connectivity index (χ3v) is 6.03. The molecule has 0 bridgehead atoms. The molecule has 0 unspecified atom stereocenters. The first-order valence-electron chi connectivity index (χ1n) is 8.78. The van der Waals surface area contributed by atoms with Crippen molar-refractivity contribution in [3.05, 3.63) is 87.6 Å². The van der Waals surface area contributed by atoms with Crippen LogP contribution >= 0.6 is 27.7 Å². The molecule has 29 heavy (non-hydrogen) atoms. The quantitative estimate of drug-likeness (QED) is 0.212. The minimum Gasteiger partial charge on any atom is -0.423 e. The summed E-state index contributed by atoms with van der Waals surface area (Å²) in [5.74, 6) is 0.576. The van der Waals surface area contributed by atoms with E-state index in [1.54, 1.807) is 35.0 Å². The Morgan fingerprint density at radius 2 is 1.90 bits per heavy atom. The largest absolute Gasteiger partial charge is 0.423 e. The molecule has 5 rings (SSSR count). The van der Waals surface area contributed by atoms with Crippen LogP contribution in [0.15, 0.2) is 85.8 Å². The minimum absolute atomic E-state index is 0.365. The van der Waals surface area contributed by atoms with Gasteiger partial charge in [-0.15, -0.1) is 11.8 Å². The van der Waals surface area contributed by atoms with Crippen LogP contribution in [0.5, 0.6) is 0 Å². The van der Waals surface area contributed by atoms with Crippen molar-refractivity contribution in [3.63, 3.8) is 0 Å². The fraction of sp³-hybridized carbons (Fsp3) is 0.0476. The van der Waals surface area contributed by atoms with E-state index in [4.69, 9.17) is 4.42 Å². The number of hydrogen-bond donors (Lipinski definition) is 0. The number of aromatic nitrogens is 4. The molecule has 0 spiro atoms. The Morgan fingerprint density at radius 3 is 2.76 bits per heavy atom. The second-order valence-electron chi connectivity index (χ2n) is 6.33. The van der Waals surface area contributed by atoms with E-state index < -0.39 is 0 Å². The fourth-order valence-corrected chi connectivity index (χ4v) is 4.46. The normalized spacial score (nSPS) is 11.3. The van der Waals surface area contributed by atoms with Crippen molar-refractivity contribution < 1.29 is 4.42 Å². The maximum absolute atomic E-state index is 12.0. The van der Waals surface area contributed by atoms with Crippen LogP contribution in [-0.4, -0.2) is 19.7 Å².